The first-order valence-corrected chi connectivity index (χ1v) is 20.4. The van der Waals surface area contributed by atoms with E-state index in [-0.39, 0.29) is 43.9 Å². The number of nitrogens with zero attached hydrogens (tertiary/aromatic N) is 2. The molecule has 0 radical (unpaired) electrons. The predicted molar refractivity (Wildman–Crippen MR) is 222 cm³/mol. The van der Waals surface area contributed by atoms with E-state index in [2.05, 4.69) is 123 Å². The molecule has 4 atom stereocenters. The molecule has 0 amide bonds. The third kappa shape index (κ3) is 9.50. The van der Waals surface area contributed by atoms with E-state index in [0.717, 1.165) is 44.9 Å². The monoisotopic (exact) mass is 772 g/mol. The standard InChI is InChI=1S/C47H53N2O6P/c1-34(2)49(35(3)4)56(53-31-13-30-48)55-45-32-44(38-20-18-37(19-21-38)36-14-9-7-10-15-36)54-46(45)33-52-47(39-16-11-8-12-17-39,40-22-26-42(50-5)27-23-40)41-24-28-43(51-6)29-25-41/h7-12,14-29,34-35,44-46H,13,31-33H2,1-6H3/t44-,45+,46-,56?/m1/s1. The van der Waals surface area contributed by atoms with Gasteiger partial charge in [-0.3, -0.25) is 0 Å². The molecule has 9 heteroatoms. The fourth-order valence-electron chi connectivity index (χ4n) is 7.40. The number of benzene rings is 5. The largest absolute Gasteiger partial charge is 0.497 e. The predicted octanol–water partition coefficient (Wildman–Crippen LogP) is 10.9. The molecule has 6 rings (SSSR count). The van der Waals surface area contributed by atoms with Crippen molar-refractivity contribution in [2.24, 2.45) is 0 Å². The van der Waals surface area contributed by atoms with Gasteiger partial charge in [0.1, 0.15) is 23.2 Å². The highest BCUT2D eigenvalue weighted by Gasteiger charge is 2.44. The third-order valence-electron chi connectivity index (χ3n) is 10.1. The van der Waals surface area contributed by atoms with Crippen LogP contribution in [0.15, 0.2) is 133 Å². The van der Waals surface area contributed by atoms with Gasteiger partial charge in [-0.15, -0.1) is 0 Å². The molecule has 8 nitrogen and oxygen atoms in total. The third-order valence-corrected chi connectivity index (χ3v) is 12.3. The topological polar surface area (TPSA) is 82.4 Å². The van der Waals surface area contributed by atoms with Crippen LogP contribution in [0.2, 0.25) is 0 Å². The zero-order chi connectivity index (χ0) is 39.5. The Labute approximate surface area is 333 Å². The lowest BCUT2D eigenvalue weighted by molar-refractivity contribution is -0.0806. The summed E-state index contributed by atoms with van der Waals surface area (Å²) < 4.78 is 41.2. The molecule has 0 aliphatic carbocycles. The summed E-state index contributed by atoms with van der Waals surface area (Å²) in [5, 5.41) is 9.37. The summed E-state index contributed by atoms with van der Waals surface area (Å²) in [5.41, 5.74) is 5.18. The molecule has 5 aromatic carbocycles. The summed E-state index contributed by atoms with van der Waals surface area (Å²) in [6, 6.07) is 47.8. The Hall–Kier alpha value is -4.58. The van der Waals surface area contributed by atoms with Crippen LogP contribution in [-0.2, 0) is 24.1 Å². The lowest BCUT2D eigenvalue weighted by Crippen LogP contribution is -2.39. The zero-order valence-corrected chi connectivity index (χ0v) is 34.1. The average molecular weight is 773 g/mol. The second kappa shape index (κ2) is 19.5. The van der Waals surface area contributed by atoms with Crippen LogP contribution in [0.3, 0.4) is 0 Å². The van der Waals surface area contributed by atoms with Crippen molar-refractivity contribution >= 4 is 8.53 Å². The summed E-state index contributed by atoms with van der Waals surface area (Å²) in [5.74, 6) is 1.51. The Kier molecular flexibility index (Phi) is 14.3. The van der Waals surface area contributed by atoms with Crippen LogP contribution in [-0.4, -0.2) is 56.4 Å². The van der Waals surface area contributed by atoms with E-state index in [0.29, 0.717) is 6.42 Å². The molecule has 56 heavy (non-hydrogen) atoms. The number of methoxy groups -OCH3 is 2. The Morgan fingerprint density at radius 1 is 0.714 bits per heavy atom. The van der Waals surface area contributed by atoms with Gasteiger partial charge < -0.3 is 28.0 Å². The molecule has 1 aliphatic rings. The molecule has 292 valence electrons. The first-order chi connectivity index (χ1) is 27.3. The van der Waals surface area contributed by atoms with E-state index < -0.39 is 20.2 Å². The van der Waals surface area contributed by atoms with Gasteiger partial charge in [-0.05, 0) is 85.3 Å². The lowest BCUT2D eigenvalue weighted by atomic mass is 9.80. The maximum Gasteiger partial charge on any atom is 0.259 e. The number of nitriles is 1. The van der Waals surface area contributed by atoms with E-state index in [1.165, 1.54) is 0 Å². The van der Waals surface area contributed by atoms with Crippen LogP contribution in [0.1, 0.15) is 68.9 Å². The maximum atomic E-state index is 9.37. The molecule has 0 saturated carbocycles. The van der Waals surface area contributed by atoms with Gasteiger partial charge in [-0.1, -0.05) is 109 Å². The molecule has 0 bridgehead atoms. The Balaban J connectivity index is 1.39. The van der Waals surface area contributed by atoms with Gasteiger partial charge in [-0.2, -0.15) is 5.26 Å². The summed E-state index contributed by atoms with van der Waals surface area (Å²) in [4.78, 5) is 0. The molecule has 5 aromatic rings. The normalized spacial score (nSPS) is 17.6. The van der Waals surface area contributed by atoms with Crippen LogP contribution in [0.25, 0.3) is 11.1 Å². The van der Waals surface area contributed by atoms with E-state index in [9.17, 15) is 5.26 Å². The van der Waals surface area contributed by atoms with Gasteiger partial charge in [0.05, 0.1) is 52.1 Å². The van der Waals surface area contributed by atoms with E-state index in [1.807, 2.05) is 48.5 Å². The SMILES string of the molecule is COc1ccc(C(OC[C@H]2O[C@@H](c3ccc(-c4ccccc4)cc3)C[C@@H]2OP(OCCC#N)N(C(C)C)C(C)C)(c2ccccc2)c2ccc(OC)cc2)cc1. The second-order valence-corrected chi connectivity index (χ2v) is 15.8. The fraction of sp³-hybridized carbons (Fsp3) is 0.340. The summed E-state index contributed by atoms with van der Waals surface area (Å²) >= 11 is 0. The van der Waals surface area contributed by atoms with Crippen molar-refractivity contribution < 1.29 is 28.0 Å². The second-order valence-electron chi connectivity index (χ2n) is 14.4. The maximum absolute atomic E-state index is 9.37. The Bertz CT molecular complexity index is 1910. The molecular weight excluding hydrogens is 719 g/mol. The first-order valence-electron chi connectivity index (χ1n) is 19.3. The van der Waals surface area contributed by atoms with Crippen LogP contribution in [0.4, 0.5) is 0 Å². The van der Waals surface area contributed by atoms with Crippen molar-refractivity contribution in [1.82, 2.24) is 4.67 Å². The minimum absolute atomic E-state index is 0.150. The quantitative estimate of drug-likeness (QED) is 0.0495. The molecule has 1 fully saturated rings. The van der Waals surface area contributed by atoms with E-state index in [4.69, 9.17) is 28.0 Å². The average Bonchev–Trinajstić information content (AvgIpc) is 3.64. The molecule has 1 heterocycles. The summed E-state index contributed by atoms with van der Waals surface area (Å²) in [6.45, 7) is 9.07. The van der Waals surface area contributed by atoms with E-state index >= 15 is 0 Å². The molecule has 1 aliphatic heterocycles. The molecule has 0 aromatic heterocycles. The molecule has 0 N–H and O–H groups in total. The van der Waals surface area contributed by atoms with Gasteiger partial charge in [-0.25, -0.2) is 4.67 Å². The minimum Gasteiger partial charge on any atom is -0.497 e. The summed E-state index contributed by atoms with van der Waals surface area (Å²) in [6.07, 6.45) is -0.193. The first kappa shape index (κ1) is 41.1. The fourth-order valence-corrected chi connectivity index (χ4v) is 9.16. The number of rotatable bonds is 18. The van der Waals surface area contributed by atoms with Gasteiger partial charge in [0.15, 0.2) is 0 Å². The lowest BCUT2D eigenvalue weighted by Gasteiger charge is -2.39. The van der Waals surface area contributed by atoms with Crippen LogP contribution in [0.5, 0.6) is 11.5 Å². The number of ether oxygens (including phenoxy) is 4. The van der Waals surface area contributed by atoms with Gasteiger partial charge in [0.25, 0.3) is 8.53 Å². The van der Waals surface area contributed by atoms with Crippen molar-refractivity contribution in [3.63, 3.8) is 0 Å². The molecule has 1 unspecified atom stereocenters. The highest BCUT2D eigenvalue weighted by molar-refractivity contribution is 7.44. The van der Waals surface area contributed by atoms with E-state index in [1.54, 1.807) is 14.2 Å². The summed E-state index contributed by atoms with van der Waals surface area (Å²) in [7, 11) is 1.80. The van der Waals surface area contributed by atoms with Crippen molar-refractivity contribution in [3.05, 3.63) is 156 Å². The van der Waals surface area contributed by atoms with Crippen molar-refractivity contribution in [3.8, 4) is 28.7 Å². The van der Waals surface area contributed by atoms with Crippen LogP contribution in [0, 0.1) is 11.3 Å². The highest BCUT2D eigenvalue weighted by Crippen LogP contribution is 2.51. The Morgan fingerprint density at radius 3 is 1.75 bits per heavy atom. The molecule has 0 spiro atoms. The van der Waals surface area contributed by atoms with Crippen molar-refractivity contribution in [1.29, 1.82) is 5.26 Å². The molecule has 1 saturated heterocycles. The van der Waals surface area contributed by atoms with Gasteiger partial charge >= 0.3 is 0 Å². The van der Waals surface area contributed by atoms with Crippen molar-refractivity contribution in [2.75, 3.05) is 27.4 Å². The number of hydrogen-bond donors (Lipinski definition) is 0. The van der Waals surface area contributed by atoms with Gasteiger partial charge in [0, 0.05) is 18.5 Å². The van der Waals surface area contributed by atoms with Crippen LogP contribution < -0.4 is 9.47 Å². The Morgan fingerprint density at radius 2 is 1.23 bits per heavy atom. The smallest absolute Gasteiger partial charge is 0.259 e. The minimum atomic E-state index is -1.54. The van der Waals surface area contributed by atoms with Crippen molar-refractivity contribution in [2.45, 2.75) is 76.5 Å². The van der Waals surface area contributed by atoms with Gasteiger partial charge in [0.2, 0.25) is 0 Å². The van der Waals surface area contributed by atoms with Crippen LogP contribution >= 0.6 is 8.53 Å². The zero-order valence-electron chi connectivity index (χ0n) is 33.2. The highest BCUT2D eigenvalue weighted by atomic mass is 31.2. The number of hydrogen-bond acceptors (Lipinski definition) is 8. The molecular formula is C47H53N2O6P.